The third-order valence-corrected chi connectivity index (χ3v) is 3.29. The topological polar surface area (TPSA) is 45.6 Å². The van der Waals surface area contributed by atoms with Crippen LogP contribution in [0.3, 0.4) is 0 Å². The molecule has 92 valence electrons. The lowest BCUT2D eigenvalue weighted by molar-refractivity contribution is 0.673. The van der Waals surface area contributed by atoms with E-state index in [0.717, 1.165) is 12.1 Å². The van der Waals surface area contributed by atoms with Gasteiger partial charge in [-0.3, -0.25) is 4.68 Å². The molecule has 2 heterocycles. The fourth-order valence-electron chi connectivity index (χ4n) is 2.36. The van der Waals surface area contributed by atoms with Gasteiger partial charge in [-0.1, -0.05) is 18.2 Å². The van der Waals surface area contributed by atoms with Crippen molar-refractivity contribution in [2.45, 2.75) is 6.54 Å². The van der Waals surface area contributed by atoms with E-state index in [1.54, 1.807) is 0 Å². The minimum atomic E-state index is 0.811. The van der Waals surface area contributed by atoms with Crippen LogP contribution in [0.1, 0.15) is 5.69 Å². The predicted octanol–water partition coefficient (Wildman–Crippen LogP) is 2.29. The van der Waals surface area contributed by atoms with Gasteiger partial charge in [-0.05, 0) is 13.1 Å². The van der Waals surface area contributed by atoms with Crippen LogP contribution in [0.15, 0.2) is 36.7 Å². The Bertz CT molecular complexity index is 678. The Morgan fingerprint density at radius 3 is 2.94 bits per heavy atom. The molecule has 0 aliphatic rings. The number of nitrogens with one attached hydrogen (secondary N) is 2. The minimum absolute atomic E-state index is 0.811. The number of rotatable bonds is 3. The molecule has 0 aliphatic carbocycles. The van der Waals surface area contributed by atoms with E-state index in [1.807, 2.05) is 31.0 Å². The quantitative estimate of drug-likeness (QED) is 0.737. The molecule has 0 atom stereocenters. The van der Waals surface area contributed by atoms with Crippen molar-refractivity contribution in [3.8, 4) is 11.1 Å². The maximum atomic E-state index is 4.36. The van der Waals surface area contributed by atoms with Crippen LogP contribution < -0.4 is 5.32 Å². The second-order valence-electron chi connectivity index (χ2n) is 4.41. The molecule has 4 nitrogen and oxygen atoms in total. The van der Waals surface area contributed by atoms with Crippen molar-refractivity contribution < 1.29 is 0 Å². The van der Waals surface area contributed by atoms with Gasteiger partial charge in [-0.15, -0.1) is 0 Å². The number of aromatic nitrogens is 3. The van der Waals surface area contributed by atoms with Crippen molar-refractivity contribution in [3.63, 3.8) is 0 Å². The lowest BCUT2D eigenvalue weighted by Crippen LogP contribution is -2.10. The number of benzene rings is 1. The van der Waals surface area contributed by atoms with Gasteiger partial charge in [-0.2, -0.15) is 5.10 Å². The molecular formula is C14H16N4. The van der Waals surface area contributed by atoms with Gasteiger partial charge in [0.25, 0.3) is 0 Å². The zero-order chi connectivity index (χ0) is 12.5. The first kappa shape index (κ1) is 11.0. The maximum Gasteiger partial charge on any atom is 0.0597 e. The minimum Gasteiger partial charge on any atom is -0.361 e. The summed E-state index contributed by atoms with van der Waals surface area (Å²) in [6, 6.07) is 8.33. The summed E-state index contributed by atoms with van der Waals surface area (Å²) in [5.41, 5.74) is 4.75. The molecule has 1 aromatic carbocycles. The van der Waals surface area contributed by atoms with E-state index in [1.165, 1.54) is 22.2 Å². The fraction of sp³-hybridized carbons (Fsp3) is 0.214. The molecule has 0 saturated carbocycles. The molecule has 4 heteroatoms. The van der Waals surface area contributed by atoms with E-state index in [2.05, 4.69) is 39.8 Å². The standard InChI is InChI=1S/C14H16N4/c1-15-9-14-12(8-17-18(14)2)11-7-16-13-6-4-3-5-10(11)13/h3-8,15-16H,9H2,1-2H3. The Hall–Kier alpha value is -2.07. The van der Waals surface area contributed by atoms with Gasteiger partial charge < -0.3 is 10.3 Å². The van der Waals surface area contributed by atoms with Crippen LogP contribution in [0, 0.1) is 0 Å². The zero-order valence-electron chi connectivity index (χ0n) is 10.6. The predicted molar refractivity (Wildman–Crippen MR) is 73.3 cm³/mol. The van der Waals surface area contributed by atoms with E-state index in [4.69, 9.17) is 0 Å². The van der Waals surface area contributed by atoms with E-state index < -0.39 is 0 Å². The van der Waals surface area contributed by atoms with Crippen LogP contribution in [-0.2, 0) is 13.6 Å². The molecule has 3 aromatic rings. The molecule has 0 spiro atoms. The number of H-pyrrole nitrogens is 1. The molecule has 2 aromatic heterocycles. The smallest absolute Gasteiger partial charge is 0.0597 e. The van der Waals surface area contributed by atoms with E-state index >= 15 is 0 Å². The van der Waals surface area contributed by atoms with Crippen LogP contribution >= 0.6 is 0 Å². The summed E-state index contributed by atoms with van der Waals surface area (Å²) in [5.74, 6) is 0. The van der Waals surface area contributed by atoms with Crippen molar-refractivity contribution in [1.82, 2.24) is 20.1 Å². The SMILES string of the molecule is CNCc1c(-c2c[nH]c3ccccc23)cnn1C. The Morgan fingerprint density at radius 1 is 1.28 bits per heavy atom. The number of aryl methyl sites for hydroxylation is 1. The molecule has 0 aliphatic heterocycles. The monoisotopic (exact) mass is 240 g/mol. The second kappa shape index (κ2) is 4.31. The average molecular weight is 240 g/mol. The van der Waals surface area contributed by atoms with Crippen LogP contribution in [0.4, 0.5) is 0 Å². The molecule has 0 saturated heterocycles. The van der Waals surface area contributed by atoms with Gasteiger partial charge in [0.15, 0.2) is 0 Å². The molecule has 0 bridgehead atoms. The first-order valence-electron chi connectivity index (χ1n) is 6.03. The Kier molecular flexibility index (Phi) is 2.64. The summed E-state index contributed by atoms with van der Waals surface area (Å²) in [6.07, 6.45) is 3.99. The molecule has 3 rings (SSSR count). The van der Waals surface area contributed by atoms with E-state index in [-0.39, 0.29) is 0 Å². The lowest BCUT2D eigenvalue weighted by Gasteiger charge is -2.04. The summed E-state index contributed by atoms with van der Waals surface area (Å²) in [6.45, 7) is 0.811. The van der Waals surface area contributed by atoms with Crippen LogP contribution in [0.2, 0.25) is 0 Å². The van der Waals surface area contributed by atoms with Crippen molar-refractivity contribution in [2.24, 2.45) is 7.05 Å². The Morgan fingerprint density at radius 2 is 2.11 bits per heavy atom. The summed E-state index contributed by atoms with van der Waals surface area (Å²) >= 11 is 0. The number of fused-ring (bicyclic) bond motifs is 1. The number of hydrogen-bond donors (Lipinski definition) is 2. The van der Waals surface area contributed by atoms with Crippen LogP contribution in [-0.4, -0.2) is 21.8 Å². The van der Waals surface area contributed by atoms with Crippen molar-refractivity contribution >= 4 is 10.9 Å². The Labute approximate surface area is 106 Å². The highest BCUT2D eigenvalue weighted by Gasteiger charge is 2.13. The Balaban J connectivity index is 2.20. The first-order chi connectivity index (χ1) is 8.81. The molecule has 2 N–H and O–H groups in total. The fourth-order valence-corrected chi connectivity index (χ4v) is 2.36. The number of aromatic amines is 1. The second-order valence-corrected chi connectivity index (χ2v) is 4.41. The molecule has 0 radical (unpaired) electrons. The molecule has 0 unspecified atom stereocenters. The number of nitrogens with zero attached hydrogens (tertiary/aromatic N) is 2. The molecule has 0 fully saturated rings. The van der Waals surface area contributed by atoms with Crippen LogP contribution in [0.5, 0.6) is 0 Å². The number of para-hydroxylation sites is 1. The first-order valence-corrected chi connectivity index (χ1v) is 6.03. The number of hydrogen-bond acceptors (Lipinski definition) is 2. The summed E-state index contributed by atoms with van der Waals surface area (Å²) < 4.78 is 1.92. The van der Waals surface area contributed by atoms with Crippen molar-refractivity contribution in [2.75, 3.05) is 7.05 Å². The van der Waals surface area contributed by atoms with Gasteiger partial charge >= 0.3 is 0 Å². The van der Waals surface area contributed by atoms with Crippen molar-refractivity contribution in [1.29, 1.82) is 0 Å². The molecular weight excluding hydrogens is 224 g/mol. The highest BCUT2D eigenvalue weighted by Crippen LogP contribution is 2.30. The van der Waals surface area contributed by atoms with Gasteiger partial charge in [0.2, 0.25) is 0 Å². The van der Waals surface area contributed by atoms with E-state index in [0.29, 0.717) is 0 Å². The van der Waals surface area contributed by atoms with E-state index in [9.17, 15) is 0 Å². The van der Waals surface area contributed by atoms with Crippen molar-refractivity contribution in [3.05, 3.63) is 42.4 Å². The largest absolute Gasteiger partial charge is 0.361 e. The zero-order valence-corrected chi connectivity index (χ0v) is 10.6. The molecule has 18 heavy (non-hydrogen) atoms. The average Bonchev–Trinajstić information content (AvgIpc) is 2.95. The third-order valence-electron chi connectivity index (χ3n) is 3.29. The van der Waals surface area contributed by atoms with Gasteiger partial charge in [-0.25, -0.2) is 0 Å². The highest BCUT2D eigenvalue weighted by molar-refractivity contribution is 5.95. The summed E-state index contributed by atoms with van der Waals surface area (Å²) in [4.78, 5) is 3.31. The highest BCUT2D eigenvalue weighted by atomic mass is 15.3. The van der Waals surface area contributed by atoms with Gasteiger partial charge in [0.1, 0.15) is 0 Å². The molecule has 0 amide bonds. The normalized spacial score (nSPS) is 11.2. The summed E-state index contributed by atoms with van der Waals surface area (Å²) in [7, 11) is 3.93. The maximum absolute atomic E-state index is 4.36. The summed E-state index contributed by atoms with van der Waals surface area (Å²) in [5, 5.41) is 8.79. The van der Waals surface area contributed by atoms with Gasteiger partial charge in [0, 0.05) is 41.8 Å². The van der Waals surface area contributed by atoms with Crippen LogP contribution in [0.25, 0.3) is 22.0 Å². The lowest BCUT2D eigenvalue weighted by atomic mass is 10.1. The van der Waals surface area contributed by atoms with Gasteiger partial charge in [0.05, 0.1) is 11.9 Å². The third kappa shape index (κ3) is 1.62.